The minimum absolute atomic E-state index is 0.00870. The summed E-state index contributed by atoms with van der Waals surface area (Å²) in [4.78, 5) is 18.5. The van der Waals surface area contributed by atoms with Crippen LogP contribution in [0.4, 0.5) is 0 Å². The van der Waals surface area contributed by atoms with Crippen molar-refractivity contribution in [3.05, 3.63) is 77.3 Å². The maximum Gasteiger partial charge on any atom is 0.220 e. The molecule has 3 aromatic rings. The maximum absolute atomic E-state index is 12.1. The lowest BCUT2D eigenvalue weighted by atomic mass is 10.2. The molecule has 1 heterocycles. The van der Waals surface area contributed by atoms with Crippen LogP contribution >= 0.6 is 11.6 Å². The molecule has 0 spiro atoms. The van der Waals surface area contributed by atoms with Crippen molar-refractivity contribution < 1.29 is 9.21 Å². The van der Waals surface area contributed by atoms with Crippen LogP contribution in [0.1, 0.15) is 17.9 Å². The number of nitrogens with zero attached hydrogens (tertiary/aromatic N) is 2. The number of hydrogen-bond donors (Lipinski definition) is 1. The fraction of sp³-hybridized carbons (Fsp3) is 0.273. The zero-order valence-electron chi connectivity index (χ0n) is 15.9. The average Bonchev–Trinajstić information content (AvgIpc) is 3.16. The van der Waals surface area contributed by atoms with Crippen LogP contribution < -0.4 is 5.32 Å². The second kappa shape index (κ2) is 10.1. The Kier molecular flexibility index (Phi) is 7.23. The van der Waals surface area contributed by atoms with Crippen LogP contribution in [-0.4, -0.2) is 35.9 Å². The zero-order valence-corrected chi connectivity index (χ0v) is 16.7. The van der Waals surface area contributed by atoms with E-state index in [9.17, 15) is 4.79 Å². The van der Waals surface area contributed by atoms with Crippen LogP contribution in [0.3, 0.4) is 0 Å². The highest BCUT2D eigenvalue weighted by Crippen LogP contribution is 2.28. The van der Waals surface area contributed by atoms with Gasteiger partial charge in [0.2, 0.25) is 5.91 Å². The minimum atomic E-state index is -0.00870. The predicted octanol–water partition coefficient (Wildman–Crippen LogP) is 4.18. The van der Waals surface area contributed by atoms with E-state index in [-0.39, 0.29) is 5.91 Å². The number of carbonyl (C=O) groups excluding carboxylic acids is 1. The fourth-order valence-corrected chi connectivity index (χ4v) is 3.11. The number of likely N-dealkylation sites (N-methyl/N-ethyl adjacent to an activating group) is 1. The smallest absolute Gasteiger partial charge is 0.220 e. The number of aryl methyl sites for hydroxylation is 1. The van der Waals surface area contributed by atoms with Crippen molar-refractivity contribution in [2.45, 2.75) is 19.4 Å². The summed E-state index contributed by atoms with van der Waals surface area (Å²) >= 11 is 6.17. The molecule has 0 bridgehead atoms. The van der Waals surface area contributed by atoms with E-state index in [0.29, 0.717) is 36.1 Å². The largest absolute Gasteiger partial charge is 0.441 e. The van der Waals surface area contributed by atoms with Crippen LogP contribution in [0.2, 0.25) is 5.02 Å². The van der Waals surface area contributed by atoms with E-state index in [4.69, 9.17) is 16.0 Å². The lowest BCUT2D eigenvalue weighted by molar-refractivity contribution is -0.121. The molecule has 0 atom stereocenters. The number of benzene rings is 2. The number of oxazole rings is 1. The van der Waals surface area contributed by atoms with Gasteiger partial charge in [-0.25, -0.2) is 4.98 Å². The Labute approximate surface area is 170 Å². The fourth-order valence-electron chi connectivity index (χ4n) is 2.88. The second-order valence-corrected chi connectivity index (χ2v) is 7.08. The van der Waals surface area contributed by atoms with Gasteiger partial charge in [0, 0.05) is 38.0 Å². The highest BCUT2D eigenvalue weighted by molar-refractivity contribution is 6.33. The average molecular weight is 398 g/mol. The molecule has 1 aromatic heterocycles. The van der Waals surface area contributed by atoms with Gasteiger partial charge in [0.05, 0.1) is 11.2 Å². The summed E-state index contributed by atoms with van der Waals surface area (Å²) in [6.45, 7) is 2.26. The first-order valence-corrected chi connectivity index (χ1v) is 9.68. The summed E-state index contributed by atoms with van der Waals surface area (Å²) in [6, 6.07) is 17.7. The molecule has 0 fully saturated rings. The molecular weight excluding hydrogens is 374 g/mol. The summed E-state index contributed by atoms with van der Waals surface area (Å²) in [5, 5.41) is 3.56. The van der Waals surface area contributed by atoms with E-state index in [0.717, 1.165) is 18.7 Å². The SMILES string of the molecule is CN(CCNC(=O)CCc1ncc(-c2ccccc2Cl)o1)Cc1ccccc1. The van der Waals surface area contributed by atoms with E-state index < -0.39 is 0 Å². The molecule has 2 aromatic carbocycles. The van der Waals surface area contributed by atoms with Crippen LogP contribution in [0.5, 0.6) is 0 Å². The Bertz CT molecular complexity index is 896. The van der Waals surface area contributed by atoms with Crippen molar-refractivity contribution in [1.82, 2.24) is 15.2 Å². The number of nitrogens with one attached hydrogen (secondary N) is 1. The third kappa shape index (κ3) is 5.94. The number of rotatable bonds is 9. The van der Waals surface area contributed by atoms with Crippen molar-refractivity contribution in [3.8, 4) is 11.3 Å². The highest BCUT2D eigenvalue weighted by Gasteiger charge is 2.11. The molecule has 0 aliphatic heterocycles. The molecule has 3 rings (SSSR count). The van der Waals surface area contributed by atoms with Gasteiger partial charge in [0.15, 0.2) is 11.7 Å². The maximum atomic E-state index is 12.1. The summed E-state index contributed by atoms with van der Waals surface area (Å²) in [5.74, 6) is 1.14. The Hall–Kier alpha value is -2.63. The van der Waals surface area contributed by atoms with E-state index in [1.807, 2.05) is 43.4 Å². The van der Waals surface area contributed by atoms with Crippen molar-refractivity contribution in [2.24, 2.45) is 0 Å². The van der Waals surface area contributed by atoms with Gasteiger partial charge in [-0.1, -0.05) is 54.1 Å². The number of aromatic nitrogens is 1. The molecule has 0 radical (unpaired) electrons. The minimum Gasteiger partial charge on any atom is -0.441 e. The normalized spacial score (nSPS) is 11.0. The van der Waals surface area contributed by atoms with E-state index in [1.165, 1.54) is 5.56 Å². The topological polar surface area (TPSA) is 58.4 Å². The lowest BCUT2D eigenvalue weighted by Gasteiger charge is -2.16. The Morgan fingerprint density at radius 2 is 1.89 bits per heavy atom. The van der Waals surface area contributed by atoms with Gasteiger partial charge in [0.1, 0.15) is 0 Å². The molecular formula is C22H24ClN3O2. The number of carbonyl (C=O) groups is 1. The van der Waals surface area contributed by atoms with Gasteiger partial charge < -0.3 is 14.6 Å². The van der Waals surface area contributed by atoms with Crippen molar-refractivity contribution >= 4 is 17.5 Å². The van der Waals surface area contributed by atoms with E-state index >= 15 is 0 Å². The van der Waals surface area contributed by atoms with Crippen molar-refractivity contribution in [1.29, 1.82) is 0 Å². The number of halogens is 1. The number of hydrogen-bond acceptors (Lipinski definition) is 4. The first-order chi connectivity index (χ1) is 13.6. The van der Waals surface area contributed by atoms with Gasteiger partial charge in [-0.2, -0.15) is 0 Å². The van der Waals surface area contributed by atoms with Gasteiger partial charge in [-0.3, -0.25) is 4.79 Å². The molecule has 0 saturated carbocycles. The van der Waals surface area contributed by atoms with Gasteiger partial charge in [0.25, 0.3) is 0 Å². The summed E-state index contributed by atoms with van der Waals surface area (Å²) in [7, 11) is 2.04. The molecule has 0 saturated heterocycles. The molecule has 1 amide bonds. The third-order valence-corrected chi connectivity index (χ3v) is 4.70. The van der Waals surface area contributed by atoms with Crippen LogP contribution in [0.15, 0.2) is 65.2 Å². The molecule has 0 aliphatic rings. The molecule has 0 unspecified atom stereocenters. The summed E-state index contributed by atoms with van der Waals surface area (Å²) < 4.78 is 5.73. The first-order valence-electron chi connectivity index (χ1n) is 9.30. The van der Waals surface area contributed by atoms with Crippen LogP contribution in [0.25, 0.3) is 11.3 Å². The summed E-state index contributed by atoms with van der Waals surface area (Å²) in [5.41, 5.74) is 2.06. The molecule has 146 valence electrons. The quantitative estimate of drug-likeness (QED) is 0.588. The van der Waals surface area contributed by atoms with Crippen molar-refractivity contribution in [3.63, 3.8) is 0 Å². The molecule has 5 nitrogen and oxygen atoms in total. The van der Waals surface area contributed by atoms with Crippen LogP contribution in [0, 0.1) is 0 Å². The lowest BCUT2D eigenvalue weighted by Crippen LogP contribution is -2.32. The standard InChI is InChI=1S/C22H24ClN3O2/c1-26(16-17-7-3-2-4-8-17)14-13-24-21(27)11-12-22-25-15-20(28-22)18-9-5-6-10-19(18)23/h2-10,15H,11-14,16H2,1H3,(H,24,27). The Morgan fingerprint density at radius 1 is 1.14 bits per heavy atom. The second-order valence-electron chi connectivity index (χ2n) is 6.67. The molecule has 6 heteroatoms. The first kappa shape index (κ1) is 20.1. The monoisotopic (exact) mass is 397 g/mol. The van der Waals surface area contributed by atoms with Gasteiger partial charge in [-0.05, 0) is 24.7 Å². The highest BCUT2D eigenvalue weighted by atomic mass is 35.5. The van der Waals surface area contributed by atoms with E-state index in [1.54, 1.807) is 12.3 Å². The van der Waals surface area contributed by atoms with Gasteiger partial charge >= 0.3 is 0 Å². The summed E-state index contributed by atoms with van der Waals surface area (Å²) in [6.07, 6.45) is 2.44. The van der Waals surface area contributed by atoms with Crippen LogP contribution in [-0.2, 0) is 17.8 Å². The predicted molar refractivity (Wildman–Crippen MR) is 111 cm³/mol. The molecule has 28 heavy (non-hydrogen) atoms. The Morgan fingerprint density at radius 3 is 2.68 bits per heavy atom. The van der Waals surface area contributed by atoms with Crippen molar-refractivity contribution in [2.75, 3.05) is 20.1 Å². The van der Waals surface area contributed by atoms with E-state index in [2.05, 4.69) is 27.3 Å². The molecule has 1 N–H and O–H groups in total. The number of amides is 1. The third-order valence-electron chi connectivity index (χ3n) is 4.37. The van der Waals surface area contributed by atoms with Gasteiger partial charge in [-0.15, -0.1) is 0 Å². The zero-order chi connectivity index (χ0) is 19.8. The molecule has 0 aliphatic carbocycles. The Balaban J connectivity index is 1.38.